The van der Waals surface area contributed by atoms with E-state index in [4.69, 9.17) is 14.9 Å². The molecule has 0 aromatic rings. The molecule has 0 aromatic carbocycles. The smallest absolute Gasteiger partial charge is 0.303 e. The lowest BCUT2D eigenvalue weighted by atomic mass is 10.0. The van der Waals surface area contributed by atoms with Gasteiger partial charge in [0.15, 0.2) is 0 Å². The molecule has 0 radical (unpaired) electrons. The lowest BCUT2D eigenvalue weighted by Gasteiger charge is -2.11. The standard InChI is InChI=1S/C23H46O4/c1-22(27-21-20-24)18-16-14-12-10-8-6-4-2-3-5-7-9-11-13-15-17-19-23(25)26/h22,24H,2-21H2,1H3,(H,25,26). The minimum absolute atomic E-state index is 0.126. The molecule has 0 fully saturated rings. The van der Waals surface area contributed by atoms with Gasteiger partial charge < -0.3 is 14.9 Å². The Kier molecular flexibility index (Phi) is 21.2. The monoisotopic (exact) mass is 386 g/mol. The van der Waals surface area contributed by atoms with Gasteiger partial charge in [0.05, 0.1) is 19.3 Å². The summed E-state index contributed by atoms with van der Waals surface area (Å²) >= 11 is 0. The number of carboxylic acids is 1. The van der Waals surface area contributed by atoms with Crippen molar-refractivity contribution in [2.45, 2.75) is 129 Å². The highest BCUT2D eigenvalue weighted by Gasteiger charge is 2.01. The van der Waals surface area contributed by atoms with Crippen LogP contribution in [0.5, 0.6) is 0 Å². The number of aliphatic carboxylic acids is 1. The summed E-state index contributed by atoms with van der Waals surface area (Å²) in [6.07, 6.45) is 22.3. The van der Waals surface area contributed by atoms with Crippen molar-refractivity contribution in [2.75, 3.05) is 13.2 Å². The number of hydrogen-bond donors (Lipinski definition) is 2. The third kappa shape index (κ3) is 23.4. The Hall–Kier alpha value is -0.610. The van der Waals surface area contributed by atoms with Gasteiger partial charge in [-0.1, -0.05) is 96.3 Å². The van der Waals surface area contributed by atoms with E-state index < -0.39 is 5.97 Å². The number of aliphatic hydroxyl groups is 1. The van der Waals surface area contributed by atoms with Crippen molar-refractivity contribution in [2.24, 2.45) is 0 Å². The molecule has 0 aliphatic rings. The molecular formula is C23H46O4. The molecule has 162 valence electrons. The van der Waals surface area contributed by atoms with Crippen LogP contribution in [0.3, 0.4) is 0 Å². The summed E-state index contributed by atoms with van der Waals surface area (Å²) in [7, 11) is 0. The molecular weight excluding hydrogens is 340 g/mol. The Morgan fingerprint density at radius 1 is 0.704 bits per heavy atom. The summed E-state index contributed by atoms with van der Waals surface area (Å²) in [5.41, 5.74) is 0. The highest BCUT2D eigenvalue weighted by atomic mass is 16.5. The minimum Gasteiger partial charge on any atom is -0.481 e. The maximum atomic E-state index is 10.4. The lowest BCUT2D eigenvalue weighted by molar-refractivity contribution is -0.137. The van der Waals surface area contributed by atoms with Gasteiger partial charge in [-0.3, -0.25) is 4.79 Å². The van der Waals surface area contributed by atoms with Gasteiger partial charge in [0.25, 0.3) is 0 Å². The van der Waals surface area contributed by atoms with Crippen LogP contribution in [0.4, 0.5) is 0 Å². The van der Waals surface area contributed by atoms with Gasteiger partial charge in [-0.25, -0.2) is 0 Å². The SMILES string of the molecule is CC(CCCCCCCCCCCCCCCCCCC(=O)O)OCCO. The molecule has 1 unspecified atom stereocenters. The number of carbonyl (C=O) groups is 1. The fourth-order valence-electron chi connectivity index (χ4n) is 3.52. The number of hydrogen-bond acceptors (Lipinski definition) is 3. The molecule has 0 saturated heterocycles. The van der Waals surface area contributed by atoms with Gasteiger partial charge in [-0.15, -0.1) is 0 Å². The van der Waals surface area contributed by atoms with E-state index >= 15 is 0 Å². The van der Waals surface area contributed by atoms with Crippen molar-refractivity contribution in [1.29, 1.82) is 0 Å². The number of carboxylic acid groups (broad SMARTS) is 1. The van der Waals surface area contributed by atoms with Crippen molar-refractivity contribution < 1.29 is 19.7 Å². The molecule has 0 saturated carbocycles. The first kappa shape index (κ1) is 26.4. The van der Waals surface area contributed by atoms with Crippen LogP contribution in [0.1, 0.15) is 122 Å². The van der Waals surface area contributed by atoms with Crippen molar-refractivity contribution in [3.05, 3.63) is 0 Å². The van der Waals surface area contributed by atoms with E-state index in [0.717, 1.165) is 19.3 Å². The first-order valence-electron chi connectivity index (χ1n) is 11.6. The van der Waals surface area contributed by atoms with Gasteiger partial charge >= 0.3 is 5.97 Å². The lowest BCUT2D eigenvalue weighted by Crippen LogP contribution is -2.11. The first-order chi connectivity index (χ1) is 13.2. The molecule has 4 heteroatoms. The zero-order chi connectivity index (χ0) is 20.0. The molecule has 0 rings (SSSR count). The second kappa shape index (κ2) is 21.7. The van der Waals surface area contributed by atoms with Crippen LogP contribution in [0.25, 0.3) is 0 Å². The molecule has 0 aromatic heterocycles. The van der Waals surface area contributed by atoms with Crippen molar-refractivity contribution in [1.82, 2.24) is 0 Å². The molecule has 0 heterocycles. The maximum Gasteiger partial charge on any atom is 0.303 e. The predicted molar refractivity (Wildman–Crippen MR) is 113 cm³/mol. The van der Waals surface area contributed by atoms with E-state index in [-0.39, 0.29) is 12.7 Å². The van der Waals surface area contributed by atoms with Crippen LogP contribution in [0, 0.1) is 0 Å². The number of unbranched alkanes of at least 4 members (excludes halogenated alkanes) is 15. The van der Waals surface area contributed by atoms with Crippen molar-refractivity contribution in [3.63, 3.8) is 0 Å². The second-order valence-corrected chi connectivity index (χ2v) is 7.99. The predicted octanol–water partition coefficient (Wildman–Crippen LogP) is 6.49. The average molecular weight is 387 g/mol. The normalized spacial score (nSPS) is 12.4. The molecule has 0 amide bonds. The molecule has 0 bridgehead atoms. The average Bonchev–Trinajstić information content (AvgIpc) is 2.65. The maximum absolute atomic E-state index is 10.4. The van der Waals surface area contributed by atoms with Gasteiger partial charge in [-0.2, -0.15) is 0 Å². The summed E-state index contributed by atoms with van der Waals surface area (Å²) in [5, 5.41) is 17.3. The Bertz CT molecular complexity index is 307. The molecule has 27 heavy (non-hydrogen) atoms. The van der Waals surface area contributed by atoms with Gasteiger partial charge in [0.1, 0.15) is 0 Å². The van der Waals surface area contributed by atoms with Crippen LogP contribution in [0.2, 0.25) is 0 Å². The van der Waals surface area contributed by atoms with Crippen LogP contribution in [0.15, 0.2) is 0 Å². The number of ether oxygens (including phenoxy) is 1. The Morgan fingerprint density at radius 2 is 1.07 bits per heavy atom. The summed E-state index contributed by atoms with van der Waals surface area (Å²) in [6, 6.07) is 0. The summed E-state index contributed by atoms with van der Waals surface area (Å²) in [6.45, 7) is 2.69. The quantitative estimate of drug-likeness (QED) is 0.209. The van der Waals surface area contributed by atoms with Crippen molar-refractivity contribution in [3.8, 4) is 0 Å². The van der Waals surface area contributed by atoms with Gasteiger partial charge in [0.2, 0.25) is 0 Å². The fraction of sp³-hybridized carbons (Fsp3) is 0.957. The topological polar surface area (TPSA) is 66.8 Å². The Morgan fingerprint density at radius 3 is 1.44 bits per heavy atom. The molecule has 4 nitrogen and oxygen atoms in total. The Balaban J connectivity index is 3.06. The largest absolute Gasteiger partial charge is 0.481 e. The first-order valence-corrected chi connectivity index (χ1v) is 11.6. The van der Waals surface area contributed by atoms with E-state index in [1.165, 1.54) is 89.9 Å². The second-order valence-electron chi connectivity index (χ2n) is 7.99. The third-order valence-corrected chi connectivity index (χ3v) is 5.24. The number of rotatable bonds is 22. The zero-order valence-electron chi connectivity index (χ0n) is 17.9. The highest BCUT2D eigenvalue weighted by molar-refractivity contribution is 5.66. The molecule has 0 aliphatic heterocycles. The van der Waals surface area contributed by atoms with Gasteiger partial charge in [0, 0.05) is 6.42 Å². The van der Waals surface area contributed by atoms with E-state index in [1.54, 1.807) is 0 Å². The summed E-state index contributed by atoms with van der Waals surface area (Å²) in [5.74, 6) is -0.662. The van der Waals surface area contributed by atoms with Crippen LogP contribution in [-0.2, 0) is 9.53 Å². The van der Waals surface area contributed by atoms with Crippen LogP contribution >= 0.6 is 0 Å². The molecule has 1 atom stereocenters. The van der Waals surface area contributed by atoms with Crippen LogP contribution in [-0.4, -0.2) is 35.5 Å². The van der Waals surface area contributed by atoms with Crippen molar-refractivity contribution >= 4 is 5.97 Å². The summed E-state index contributed by atoms with van der Waals surface area (Å²) < 4.78 is 5.46. The fourth-order valence-corrected chi connectivity index (χ4v) is 3.52. The summed E-state index contributed by atoms with van der Waals surface area (Å²) in [4.78, 5) is 10.4. The van der Waals surface area contributed by atoms with E-state index in [1.807, 2.05) is 0 Å². The number of aliphatic hydroxyl groups excluding tert-OH is 1. The minimum atomic E-state index is -0.662. The third-order valence-electron chi connectivity index (χ3n) is 5.24. The van der Waals surface area contributed by atoms with E-state index in [0.29, 0.717) is 13.0 Å². The van der Waals surface area contributed by atoms with Gasteiger partial charge in [-0.05, 0) is 19.8 Å². The molecule has 0 aliphatic carbocycles. The van der Waals surface area contributed by atoms with E-state index in [9.17, 15) is 4.79 Å². The van der Waals surface area contributed by atoms with E-state index in [2.05, 4.69) is 6.92 Å². The zero-order valence-corrected chi connectivity index (χ0v) is 17.9. The Labute approximate surface area is 168 Å². The highest BCUT2D eigenvalue weighted by Crippen LogP contribution is 2.14. The van der Waals surface area contributed by atoms with Crippen LogP contribution < -0.4 is 0 Å². The molecule has 0 spiro atoms. The molecule has 2 N–H and O–H groups in total.